The number of imidazole rings is 1. The highest BCUT2D eigenvalue weighted by atomic mass is 16.2. The molecule has 0 fully saturated rings. The van der Waals surface area contributed by atoms with Gasteiger partial charge in [0.05, 0.1) is 11.0 Å². The molecule has 1 heterocycles. The lowest BCUT2D eigenvalue weighted by Gasteiger charge is -2.13. The van der Waals surface area contributed by atoms with Crippen LogP contribution in [0.15, 0.2) is 59.4 Å². The number of para-hydroxylation sites is 2. The maximum atomic E-state index is 13.2. The van der Waals surface area contributed by atoms with E-state index in [-0.39, 0.29) is 24.0 Å². The zero-order chi connectivity index (χ0) is 22.0. The zero-order valence-corrected chi connectivity index (χ0v) is 17.8. The fourth-order valence-corrected chi connectivity index (χ4v) is 3.96. The quantitative estimate of drug-likeness (QED) is 0.688. The fraction of sp³-hybridized carbons (Fsp3) is 0.292. The molecule has 0 saturated heterocycles. The van der Waals surface area contributed by atoms with Gasteiger partial charge >= 0.3 is 5.69 Å². The molecule has 0 unspecified atom stereocenters. The predicted octanol–water partition coefficient (Wildman–Crippen LogP) is 3.56. The number of carbonyl (C=O) groups excluding carboxylic acids is 2. The van der Waals surface area contributed by atoms with Crippen molar-refractivity contribution in [2.75, 3.05) is 19.4 Å². The second-order valence-corrected chi connectivity index (χ2v) is 7.96. The number of benzene rings is 2. The van der Waals surface area contributed by atoms with E-state index in [1.807, 2.05) is 24.3 Å². The van der Waals surface area contributed by atoms with Crippen molar-refractivity contribution in [1.82, 2.24) is 14.0 Å². The van der Waals surface area contributed by atoms with Crippen LogP contribution in [0.4, 0.5) is 5.69 Å². The molecular formula is C24H26N4O3. The Balaban J connectivity index is 1.58. The third-order valence-electron chi connectivity index (χ3n) is 5.51. The lowest BCUT2D eigenvalue weighted by atomic mass is 10.0. The minimum absolute atomic E-state index is 0.0853. The molecule has 0 aliphatic heterocycles. The van der Waals surface area contributed by atoms with Gasteiger partial charge in [-0.25, -0.2) is 4.79 Å². The summed E-state index contributed by atoms with van der Waals surface area (Å²) in [6.07, 6.45) is 6.15. The van der Waals surface area contributed by atoms with Gasteiger partial charge in [0.15, 0.2) is 0 Å². The van der Waals surface area contributed by atoms with Gasteiger partial charge in [0.25, 0.3) is 5.91 Å². The molecule has 0 spiro atoms. The number of rotatable bonds is 5. The van der Waals surface area contributed by atoms with Crippen molar-refractivity contribution < 1.29 is 9.59 Å². The zero-order valence-electron chi connectivity index (χ0n) is 17.8. The number of allylic oxidation sites excluding steroid dienone is 2. The number of amides is 2. The summed E-state index contributed by atoms with van der Waals surface area (Å²) in [5, 5.41) is 2.82. The first kappa shape index (κ1) is 20.7. The summed E-state index contributed by atoms with van der Waals surface area (Å²) < 4.78 is 3.26. The van der Waals surface area contributed by atoms with Crippen LogP contribution in [0.2, 0.25) is 0 Å². The summed E-state index contributed by atoms with van der Waals surface area (Å²) in [5.74, 6) is -0.399. The van der Waals surface area contributed by atoms with Gasteiger partial charge in [-0.3, -0.25) is 18.7 Å². The second kappa shape index (κ2) is 8.63. The molecule has 7 nitrogen and oxygen atoms in total. The molecule has 160 valence electrons. The number of hydrogen-bond donors (Lipinski definition) is 1. The fourth-order valence-electron chi connectivity index (χ4n) is 3.96. The first-order chi connectivity index (χ1) is 15.0. The first-order valence-corrected chi connectivity index (χ1v) is 10.5. The van der Waals surface area contributed by atoms with Gasteiger partial charge in [-0.05, 0) is 62.1 Å². The Kier molecular flexibility index (Phi) is 5.75. The minimum Gasteiger partial charge on any atom is -0.345 e. The number of fused-ring (bicyclic) bond motifs is 1. The third kappa shape index (κ3) is 4.17. The van der Waals surface area contributed by atoms with E-state index in [4.69, 9.17) is 0 Å². The average molecular weight is 418 g/mol. The van der Waals surface area contributed by atoms with E-state index < -0.39 is 0 Å². The van der Waals surface area contributed by atoms with Crippen molar-refractivity contribution >= 4 is 34.2 Å². The van der Waals surface area contributed by atoms with Crippen LogP contribution in [0.25, 0.3) is 16.7 Å². The average Bonchev–Trinajstić information content (AvgIpc) is 3.05. The molecule has 1 aliphatic carbocycles. The smallest absolute Gasteiger partial charge is 0.333 e. The standard InChI is InChI=1S/C24H26N4O3/c1-26(2)23(30)17-12-14-18(15-13-17)25-22(29)16-27-20-10-6-7-11-21(20)28(24(27)31)19-8-4-3-5-9-19/h6-8,10-15H,3-5,9,16H2,1-2H3,(H,25,29). The van der Waals surface area contributed by atoms with Crippen molar-refractivity contribution in [3.05, 3.63) is 70.7 Å². The maximum Gasteiger partial charge on any atom is 0.333 e. The van der Waals surface area contributed by atoms with Crippen molar-refractivity contribution in [1.29, 1.82) is 0 Å². The normalized spacial score (nSPS) is 13.7. The molecular weight excluding hydrogens is 392 g/mol. The molecule has 2 amide bonds. The number of nitrogens with zero attached hydrogens (tertiary/aromatic N) is 3. The topological polar surface area (TPSA) is 76.3 Å². The Hall–Kier alpha value is -3.61. The molecule has 0 atom stereocenters. The lowest BCUT2D eigenvalue weighted by molar-refractivity contribution is -0.116. The van der Waals surface area contributed by atoms with E-state index in [1.165, 1.54) is 9.47 Å². The Bertz CT molecular complexity index is 1220. The van der Waals surface area contributed by atoms with Gasteiger partial charge in [0, 0.05) is 31.0 Å². The van der Waals surface area contributed by atoms with Crippen LogP contribution in [-0.4, -0.2) is 39.9 Å². The maximum absolute atomic E-state index is 13.2. The monoisotopic (exact) mass is 418 g/mol. The van der Waals surface area contributed by atoms with Crippen molar-refractivity contribution in [2.45, 2.75) is 32.2 Å². The molecule has 7 heteroatoms. The SMILES string of the molecule is CN(C)C(=O)c1ccc(NC(=O)Cn2c(=O)n(C3=CCCCC3)c3ccccc32)cc1. The van der Waals surface area contributed by atoms with Gasteiger partial charge in [-0.2, -0.15) is 0 Å². The van der Waals surface area contributed by atoms with Crippen LogP contribution in [0.5, 0.6) is 0 Å². The largest absolute Gasteiger partial charge is 0.345 e. The summed E-state index contributed by atoms with van der Waals surface area (Å²) in [6.45, 7) is -0.0853. The second-order valence-electron chi connectivity index (χ2n) is 7.96. The molecule has 0 bridgehead atoms. The number of aromatic nitrogens is 2. The molecule has 0 radical (unpaired) electrons. The van der Waals surface area contributed by atoms with E-state index in [0.717, 1.165) is 42.4 Å². The lowest BCUT2D eigenvalue weighted by Crippen LogP contribution is -2.29. The van der Waals surface area contributed by atoms with E-state index in [9.17, 15) is 14.4 Å². The molecule has 1 N–H and O–H groups in total. The van der Waals surface area contributed by atoms with Crippen LogP contribution in [0.3, 0.4) is 0 Å². The van der Waals surface area contributed by atoms with Crippen molar-refractivity contribution in [3.63, 3.8) is 0 Å². The van der Waals surface area contributed by atoms with Crippen molar-refractivity contribution in [3.8, 4) is 0 Å². The van der Waals surface area contributed by atoms with Crippen LogP contribution in [0.1, 0.15) is 36.0 Å². The van der Waals surface area contributed by atoms with E-state index in [1.54, 1.807) is 42.9 Å². The van der Waals surface area contributed by atoms with E-state index in [0.29, 0.717) is 11.3 Å². The summed E-state index contributed by atoms with van der Waals surface area (Å²) in [6, 6.07) is 14.3. The van der Waals surface area contributed by atoms with Crippen LogP contribution < -0.4 is 11.0 Å². The molecule has 1 aromatic heterocycles. The van der Waals surface area contributed by atoms with Gasteiger partial charge in [-0.1, -0.05) is 18.2 Å². The minimum atomic E-state index is -0.297. The summed E-state index contributed by atoms with van der Waals surface area (Å²) in [7, 11) is 3.38. The number of hydrogen-bond acceptors (Lipinski definition) is 3. The summed E-state index contributed by atoms with van der Waals surface area (Å²) >= 11 is 0. The molecule has 3 aromatic rings. The van der Waals surface area contributed by atoms with Gasteiger partial charge in [0.2, 0.25) is 5.91 Å². The van der Waals surface area contributed by atoms with Crippen molar-refractivity contribution in [2.24, 2.45) is 0 Å². The summed E-state index contributed by atoms with van der Waals surface area (Å²) in [4.78, 5) is 39.4. The Morgan fingerprint density at radius 3 is 2.35 bits per heavy atom. The van der Waals surface area contributed by atoms with Gasteiger partial charge in [-0.15, -0.1) is 0 Å². The number of carbonyl (C=O) groups is 2. The molecule has 2 aromatic carbocycles. The van der Waals surface area contributed by atoms with Crippen LogP contribution >= 0.6 is 0 Å². The highest BCUT2D eigenvalue weighted by Crippen LogP contribution is 2.24. The highest BCUT2D eigenvalue weighted by Gasteiger charge is 2.19. The summed E-state index contributed by atoms with van der Waals surface area (Å²) in [5.41, 5.74) is 3.49. The molecule has 4 rings (SSSR count). The Labute approximate surface area is 180 Å². The van der Waals surface area contributed by atoms with Gasteiger partial charge < -0.3 is 10.2 Å². The molecule has 0 saturated carbocycles. The van der Waals surface area contributed by atoms with Gasteiger partial charge in [0.1, 0.15) is 6.54 Å². The van der Waals surface area contributed by atoms with Crippen LogP contribution in [-0.2, 0) is 11.3 Å². The Morgan fingerprint density at radius 2 is 1.71 bits per heavy atom. The van der Waals surface area contributed by atoms with E-state index in [2.05, 4.69) is 11.4 Å². The number of nitrogens with one attached hydrogen (secondary N) is 1. The molecule has 1 aliphatic rings. The first-order valence-electron chi connectivity index (χ1n) is 10.5. The van der Waals surface area contributed by atoms with E-state index >= 15 is 0 Å². The Morgan fingerprint density at radius 1 is 1.00 bits per heavy atom. The predicted molar refractivity (Wildman–Crippen MR) is 122 cm³/mol. The third-order valence-corrected chi connectivity index (χ3v) is 5.51. The number of anilines is 1. The highest BCUT2D eigenvalue weighted by molar-refractivity contribution is 5.95. The van der Waals surface area contributed by atoms with Crippen LogP contribution in [0, 0.1) is 0 Å². The molecule has 31 heavy (non-hydrogen) atoms.